The van der Waals surface area contributed by atoms with E-state index in [4.69, 9.17) is 16.3 Å². The monoisotopic (exact) mass is 395 g/mol. The predicted molar refractivity (Wildman–Crippen MR) is 98.2 cm³/mol. The van der Waals surface area contributed by atoms with Gasteiger partial charge < -0.3 is 10.1 Å². The van der Waals surface area contributed by atoms with Gasteiger partial charge in [-0.2, -0.15) is 4.31 Å². The molecule has 0 unspecified atom stereocenters. The van der Waals surface area contributed by atoms with Crippen molar-refractivity contribution in [2.75, 3.05) is 25.5 Å². The molecule has 138 valence electrons. The smallest absolute Gasteiger partial charge is 0.255 e. The number of aromatic nitrogens is 1. The van der Waals surface area contributed by atoms with Crippen LogP contribution < -0.4 is 10.1 Å². The van der Waals surface area contributed by atoms with Crippen LogP contribution >= 0.6 is 11.6 Å². The summed E-state index contributed by atoms with van der Waals surface area (Å²) in [6.07, 6.45) is 3.09. The standard InChI is InChI=1S/C17H18ClN3O4S/c1-25-16-7-5-13(11-19-16)20-17(22)12-4-6-14(18)15(10-12)26(23,24)21-8-2-3-9-21/h4-7,10-11H,2-3,8-9H2,1H3,(H,20,22). The highest BCUT2D eigenvalue weighted by atomic mass is 35.5. The number of nitrogens with zero attached hydrogens (tertiary/aromatic N) is 2. The zero-order valence-corrected chi connectivity index (χ0v) is 15.7. The first-order chi connectivity index (χ1) is 12.4. The Morgan fingerprint density at radius 3 is 2.58 bits per heavy atom. The van der Waals surface area contributed by atoms with Crippen LogP contribution in [-0.2, 0) is 10.0 Å². The molecule has 1 fully saturated rings. The van der Waals surface area contributed by atoms with Gasteiger partial charge in [0, 0.05) is 24.7 Å². The largest absolute Gasteiger partial charge is 0.481 e. The number of ether oxygens (including phenoxy) is 1. The lowest BCUT2D eigenvalue weighted by molar-refractivity contribution is 0.102. The zero-order chi connectivity index (χ0) is 18.7. The number of halogens is 1. The summed E-state index contributed by atoms with van der Waals surface area (Å²) >= 11 is 6.10. The van der Waals surface area contributed by atoms with E-state index in [1.165, 1.54) is 35.8 Å². The highest BCUT2D eigenvalue weighted by Gasteiger charge is 2.29. The molecule has 26 heavy (non-hydrogen) atoms. The van der Waals surface area contributed by atoms with Crippen molar-refractivity contribution in [3.63, 3.8) is 0 Å². The van der Waals surface area contributed by atoms with E-state index >= 15 is 0 Å². The number of anilines is 1. The topological polar surface area (TPSA) is 88.6 Å². The number of amides is 1. The van der Waals surface area contributed by atoms with Crippen LogP contribution in [0.2, 0.25) is 5.02 Å². The van der Waals surface area contributed by atoms with Crippen LogP contribution in [0.25, 0.3) is 0 Å². The molecule has 3 rings (SSSR count). The Morgan fingerprint density at radius 1 is 1.23 bits per heavy atom. The van der Waals surface area contributed by atoms with Crippen LogP contribution in [0.15, 0.2) is 41.4 Å². The zero-order valence-electron chi connectivity index (χ0n) is 14.1. The summed E-state index contributed by atoms with van der Waals surface area (Å²) in [5.74, 6) is -0.0278. The molecule has 0 aliphatic carbocycles. The number of rotatable bonds is 5. The van der Waals surface area contributed by atoms with Gasteiger partial charge in [-0.05, 0) is 37.1 Å². The van der Waals surface area contributed by atoms with Crippen LogP contribution in [0.5, 0.6) is 5.88 Å². The Hall–Kier alpha value is -2.16. The molecule has 1 aromatic heterocycles. The third-order valence-electron chi connectivity index (χ3n) is 4.08. The Kier molecular flexibility index (Phi) is 5.45. The first-order valence-electron chi connectivity index (χ1n) is 8.03. The molecule has 2 aromatic rings. The van der Waals surface area contributed by atoms with Crippen LogP contribution in [0.1, 0.15) is 23.2 Å². The average molecular weight is 396 g/mol. The molecule has 0 saturated carbocycles. The molecule has 1 aliphatic rings. The van der Waals surface area contributed by atoms with Gasteiger partial charge >= 0.3 is 0 Å². The van der Waals surface area contributed by atoms with Gasteiger partial charge in [0.15, 0.2) is 0 Å². The minimum atomic E-state index is -3.71. The summed E-state index contributed by atoms with van der Waals surface area (Å²) in [7, 11) is -2.22. The Bertz CT molecular complexity index is 910. The minimum absolute atomic E-state index is 0.0541. The normalized spacial score (nSPS) is 15.0. The summed E-state index contributed by atoms with van der Waals surface area (Å²) in [5.41, 5.74) is 0.665. The lowest BCUT2D eigenvalue weighted by Gasteiger charge is -2.17. The van der Waals surface area contributed by atoms with Gasteiger partial charge in [-0.1, -0.05) is 11.6 Å². The first kappa shape index (κ1) is 18.6. The maximum atomic E-state index is 12.7. The molecule has 1 N–H and O–H groups in total. The fourth-order valence-corrected chi connectivity index (χ4v) is 4.71. The van der Waals surface area contributed by atoms with Gasteiger partial charge in [0.1, 0.15) is 4.90 Å². The number of carbonyl (C=O) groups is 1. The van der Waals surface area contributed by atoms with Crippen molar-refractivity contribution in [3.8, 4) is 5.88 Å². The number of benzene rings is 1. The molecule has 9 heteroatoms. The van der Waals surface area contributed by atoms with Crippen molar-refractivity contribution in [3.05, 3.63) is 47.1 Å². The fraction of sp³-hybridized carbons (Fsp3) is 0.294. The molecular formula is C17H18ClN3O4S. The van der Waals surface area contributed by atoms with Gasteiger partial charge in [0.05, 0.1) is 24.0 Å². The molecule has 0 bridgehead atoms. The molecule has 7 nitrogen and oxygen atoms in total. The average Bonchev–Trinajstić information content (AvgIpc) is 3.18. The van der Waals surface area contributed by atoms with E-state index in [0.717, 1.165) is 12.8 Å². The quantitative estimate of drug-likeness (QED) is 0.840. The first-order valence-corrected chi connectivity index (χ1v) is 9.85. The van der Waals surface area contributed by atoms with E-state index in [1.54, 1.807) is 12.1 Å². The van der Waals surface area contributed by atoms with Crippen molar-refractivity contribution in [2.24, 2.45) is 0 Å². The molecule has 0 radical (unpaired) electrons. The lowest BCUT2D eigenvalue weighted by atomic mass is 10.2. The Labute approximate surface area is 157 Å². The van der Waals surface area contributed by atoms with Gasteiger partial charge in [-0.3, -0.25) is 4.79 Å². The summed E-state index contributed by atoms with van der Waals surface area (Å²) < 4.78 is 31.8. The number of pyridine rings is 1. The SMILES string of the molecule is COc1ccc(NC(=O)c2ccc(Cl)c(S(=O)(=O)N3CCCC3)c2)cn1. The molecule has 1 aliphatic heterocycles. The molecule has 2 heterocycles. The van der Waals surface area contributed by atoms with E-state index in [9.17, 15) is 13.2 Å². The number of methoxy groups -OCH3 is 1. The second-order valence-corrected chi connectivity index (χ2v) is 8.11. The molecule has 1 aromatic carbocycles. The van der Waals surface area contributed by atoms with E-state index in [0.29, 0.717) is 24.7 Å². The van der Waals surface area contributed by atoms with Crippen molar-refractivity contribution < 1.29 is 17.9 Å². The van der Waals surface area contributed by atoms with Crippen LogP contribution in [0, 0.1) is 0 Å². The highest BCUT2D eigenvalue weighted by molar-refractivity contribution is 7.89. The van der Waals surface area contributed by atoms with Crippen LogP contribution in [0.3, 0.4) is 0 Å². The fourth-order valence-electron chi connectivity index (χ4n) is 2.69. The van der Waals surface area contributed by atoms with Crippen molar-refractivity contribution >= 4 is 33.2 Å². The van der Waals surface area contributed by atoms with Gasteiger partial charge in [0.25, 0.3) is 5.91 Å². The molecule has 0 atom stereocenters. The van der Waals surface area contributed by atoms with Crippen LogP contribution in [-0.4, -0.2) is 43.8 Å². The second kappa shape index (κ2) is 7.61. The summed E-state index contributed by atoms with van der Waals surface area (Å²) in [6.45, 7) is 0.930. The van der Waals surface area contributed by atoms with Crippen molar-refractivity contribution in [2.45, 2.75) is 17.7 Å². The maximum Gasteiger partial charge on any atom is 0.255 e. The molecular weight excluding hydrogens is 378 g/mol. The van der Waals surface area contributed by atoms with Crippen molar-refractivity contribution in [1.82, 2.24) is 9.29 Å². The van der Waals surface area contributed by atoms with Gasteiger partial charge in [0.2, 0.25) is 15.9 Å². The summed E-state index contributed by atoms with van der Waals surface area (Å²) in [4.78, 5) is 16.4. The van der Waals surface area contributed by atoms with Gasteiger partial charge in [-0.15, -0.1) is 0 Å². The predicted octanol–water partition coefficient (Wildman–Crippen LogP) is 2.78. The second-order valence-electron chi connectivity index (χ2n) is 5.80. The minimum Gasteiger partial charge on any atom is -0.481 e. The number of hydrogen-bond donors (Lipinski definition) is 1. The Morgan fingerprint density at radius 2 is 1.96 bits per heavy atom. The Balaban J connectivity index is 1.85. The molecule has 0 spiro atoms. The van der Waals surface area contributed by atoms with Crippen LogP contribution in [0.4, 0.5) is 5.69 Å². The summed E-state index contributed by atoms with van der Waals surface area (Å²) in [6, 6.07) is 7.47. The summed E-state index contributed by atoms with van der Waals surface area (Å²) in [5, 5.41) is 2.77. The molecule has 1 amide bonds. The third kappa shape index (κ3) is 3.82. The van der Waals surface area contributed by atoms with E-state index in [-0.39, 0.29) is 15.5 Å². The van der Waals surface area contributed by atoms with Gasteiger partial charge in [-0.25, -0.2) is 13.4 Å². The number of carbonyl (C=O) groups excluding carboxylic acids is 1. The maximum absolute atomic E-state index is 12.7. The number of hydrogen-bond acceptors (Lipinski definition) is 5. The van der Waals surface area contributed by atoms with E-state index in [1.807, 2.05) is 0 Å². The van der Waals surface area contributed by atoms with E-state index < -0.39 is 15.9 Å². The van der Waals surface area contributed by atoms with E-state index in [2.05, 4.69) is 10.3 Å². The number of sulfonamides is 1. The van der Waals surface area contributed by atoms with Crippen molar-refractivity contribution in [1.29, 1.82) is 0 Å². The number of nitrogens with one attached hydrogen (secondary N) is 1. The highest BCUT2D eigenvalue weighted by Crippen LogP contribution is 2.28. The molecule has 1 saturated heterocycles. The third-order valence-corrected chi connectivity index (χ3v) is 6.46. The lowest BCUT2D eigenvalue weighted by Crippen LogP contribution is -2.28.